The van der Waals surface area contributed by atoms with Gasteiger partial charge >= 0.3 is 0 Å². The maximum atomic E-state index is 5.79. The normalized spacial score (nSPS) is 11.2. The molecule has 3 heteroatoms. The van der Waals surface area contributed by atoms with Crippen LogP contribution in [0.3, 0.4) is 0 Å². The van der Waals surface area contributed by atoms with Gasteiger partial charge in [-0.15, -0.1) is 0 Å². The minimum atomic E-state index is -0.355. The average Bonchev–Trinajstić information content (AvgIpc) is 2.47. The molecule has 0 aliphatic carbocycles. The average molecular weight is 271 g/mol. The minimum Gasteiger partial charge on any atom is -0.489 e. The van der Waals surface area contributed by atoms with Gasteiger partial charge in [0.1, 0.15) is 23.7 Å². The highest BCUT2D eigenvalue weighted by molar-refractivity contribution is 5.32. The SMILES string of the molecule is CC(C)(CN)Oc1ccc(OCc2ccccc2)cc1. The molecule has 0 aliphatic heterocycles. The summed E-state index contributed by atoms with van der Waals surface area (Å²) in [6.45, 7) is 4.97. The maximum absolute atomic E-state index is 5.79. The molecule has 0 saturated carbocycles. The van der Waals surface area contributed by atoms with Crippen molar-refractivity contribution in [3.05, 3.63) is 60.2 Å². The highest BCUT2D eigenvalue weighted by Gasteiger charge is 2.16. The third-order valence-electron chi connectivity index (χ3n) is 2.96. The van der Waals surface area contributed by atoms with E-state index in [4.69, 9.17) is 15.2 Å². The lowest BCUT2D eigenvalue weighted by Gasteiger charge is -2.24. The van der Waals surface area contributed by atoms with Gasteiger partial charge in [-0.1, -0.05) is 30.3 Å². The van der Waals surface area contributed by atoms with Crippen LogP contribution in [0.15, 0.2) is 54.6 Å². The van der Waals surface area contributed by atoms with Gasteiger partial charge in [-0.05, 0) is 43.7 Å². The fourth-order valence-corrected chi connectivity index (χ4v) is 1.71. The minimum absolute atomic E-state index is 0.355. The van der Waals surface area contributed by atoms with Crippen molar-refractivity contribution in [1.29, 1.82) is 0 Å². The molecule has 0 bridgehead atoms. The second-order valence-electron chi connectivity index (χ2n) is 5.31. The first-order valence-corrected chi connectivity index (χ1v) is 6.75. The van der Waals surface area contributed by atoms with Gasteiger partial charge < -0.3 is 15.2 Å². The van der Waals surface area contributed by atoms with E-state index in [1.165, 1.54) is 0 Å². The van der Waals surface area contributed by atoms with Crippen molar-refractivity contribution in [1.82, 2.24) is 0 Å². The van der Waals surface area contributed by atoms with Crippen LogP contribution >= 0.6 is 0 Å². The predicted molar refractivity (Wildman–Crippen MR) is 81.0 cm³/mol. The largest absolute Gasteiger partial charge is 0.489 e. The third kappa shape index (κ3) is 4.28. The summed E-state index contributed by atoms with van der Waals surface area (Å²) in [5, 5.41) is 0. The second-order valence-corrected chi connectivity index (χ2v) is 5.31. The molecular weight excluding hydrogens is 250 g/mol. The highest BCUT2D eigenvalue weighted by Crippen LogP contribution is 2.22. The summed E-state index contributed by atoms with van der Waals surface area (Å²) in [5.74, 6) is 1.62. The van der Waals surface area contributed by atoms with E-state index < -0.39 is 0 Å². The fraction of sp³-hybridized carbons (Fsp3) is 0.294. The van der Waals surface area contributed by atoms with Gasteiger partial charge in [0, 0.05) is 6.54 Å². The molecule has 0 radical (unpaired) electrons. The van der Waals surface area contributed by atoms with Crippen LogP contribution in [-0.2, 0) is 6.61 Å². The fourth-order valence-electron chi connectivity index (χ4n) is 1.71. The molecule has 106 valence electrons. The number of hydrogen-bond donors (Lipinski definition) is 1. The summed E-state index contributed by atoms with van der Waals surface area (Å²) in [6.07, 6.45) is 0. The Morgan fingerprint density at radius 2 is 1.50 bits per heavy atom. The summed E-state index contributed by atoms with van der Waals surface area (Å²) in [6, 6.07) is 17.7. The molecule has 2 aromatic carbocycles. The summed E-state index contributed by atoms with van der Waals surface area (Å²) in [4.78, 5) is 0. The number of benzene rings is 2. The Balaban J connectivity index is 1.92. The van der Waals surface area contributed by atoms with Gasteiger partial charge in [-0.3, -0.25) is 0 Å². The molecule has 0 aromatic heterocycles. The van der Waals surface area contributed by atoms with Crippen molar-refractivity contribution in [3.8, 4) is 11.5 Å². The number of hydrogen-bond acceptors (Lipinski definition) is 3. The van der Waals surface area contributed by atoms with E-state index in [1.54, 1.807) is 0 Å². The number of rotatable bonds is 6. The summed E-state index contributed by atoms with van der Waals surface area (Å²) in [7, 11) is 0. The van der Waals surface area contributed by atoms with Crippen molar-refractivity contribution in [2.45, 2.75) is 26.1 Å². The van der Waals surface area contributed by atoms with Crippen LogP contribution in [0.2, 0.25) is 0 Å². The van der Waals surface area contributed by atoms with E-state index in [0.717, 1.165) is 17.1 Å². The van der Waals surface area contributed by atoms with Crippen molar-refractivity contribution < 1.29 is 9.47 Å². The molecule has 3 nitrogen and oxygen atoms in total. The monoisotopic (exact) mass is 271 g/mol. The molecule has 0 amide bonds. The molecule has 0 heterocycles. The van der Waals surface area contributed by atoms with Crippen molar-refractivity contribution in [3.63, 3.8) is 0 Å². The second kappa shape index (κ2) is 6.44. The van der Waals surface area contributed by atoms with E-state index in [1.807, 2.05) is 68.4 Å². The van der Waals surface area contributed by atoms with Crippen molar-refractivity contribution in [2.75, 3.05) is 6.54 Å². The molecule has 0 unspecified atom stereocenters. The molecular formula is C17H21NO2. The highest BCUT2D eigenvalue weighted by atomic mass is 16.5. The molecule has 0 aliphatic rings. The van der Waals surface area contributed by atoms with Gasteiger partial charge in [0.25, 0.3) is 0 Å². The standard InChI is InChI=1S/C17H21NO2/c1-17(2,13-18)20-16-10-8-15(9-11-16)19-12-14-6-4-3-5-7-14/h3-11H,12-13,18H2,1-2H3. The van der Waals surface area contributed by atoms with Gasteiger partial charge in [0.05, 0.1) is 0 Å². The number of ether oxygens (including phenoxy) is 2. The molecule has 0 fully saturated rings. The Morgan fingerprint density at radius 1 is 0.900 bits per heavy atom. The van der Waals surface area contributed by atoms with Gasteiger partial charge in [0.15, 0.2) is 0 Å². The van der Waals surface area contributed by atoms with Gasteiger partial charge in [0.2, 0.25) is 0 Å². The van der Waals surface area contributed by atoms with Crippen LogP contribution in [0.5, 0.6) is 11.5 Å². The van der Waals surface area contributed by atoms with E-state index in [-0.39, 0.29) is 5.60 Å². The zero-order chi connectivity index (χ0) is 14.4. The Labute approximate surface area is 120 Å². The third-order valence-corrected chi connectivity index (χ3v) is 2.96. The van der Waals surface area contributed by atoms with Crippen LogP contribution in [0.25, 0.3) is 0 Å². The van der Waals surface area contributed by atoms with Crippen LogP contribution in [0, 0.1) is 0 Å². The lowest BCUT2D eigenvalue weighted by molar-refractivity contribution is 0.118. The van der Waals surface area contributed by atoms with Crippen LogP contribution in [0.1, 0.15) is 19.4 Å². The Morgan fingerprint density at radius 3 is 2.10 bits per heavy atom. The lowest BCUT2D eigenvalue weighted by Crippen LogP contribution is -2.37. The van der Waals surface area contributed by atoms with E-state index in [2.05, 4.69) is 0 Å². The van der Waals surface area contributed by atoms with Crippen LogP contribution in [0.4, 0.5) is 0 Å². The quantitative estimate of drug-likeness (QED) is 0.876. The summed E-state index contributed by atoms with van der Waals surface area (Å²) >= 11 is 0. The molecule has 2 aromatic rings. The Kier molecular flexibility index (Phi) is 4.64. The first-order chi connectivity index (χ1) is 9.59. The zero-order valence-corrected chi connectivity index (χ0v) is 12.0. The first kappa shape index (κ1) is 14.4. The van der Waals surface area contributed by atoms with Crippen LogP contribution < -0.4 is 15.2 Å². The summed E-state index contributed by atoms with van der Waals surface area (Å²) in [5.41, 5.74) is 6.44. The van der Waals surface area contributed by atoms with E-state index >= 15 is 0 Å². The Bertz CT molecular complexity index is 520. The van der Waals surface area contributed by atoms with Gasteiger partial charge in [-0.2, -0.15) is 0 Å². The maximum Gasteiger partial charge on any atom is 0.120 e. The van der Waals surface area contributed by atoms with Crippen LogP contribution in [-0.4, -0.2) is 12.1 Å². The topological polar surface area (TPSA) is 44.5 Å². The smallest absolute Gasteiger partial charge is 0.120 e. The molecule has 2 N–H and O–H groups in total. The van der Waals surface area contributed by atoms with Gasteiger partial charge in [-0.25, -0.2) is 0 Å². The zero-order valence-electron chi connectivity index (χ0n) is 12.0. The predicted octanol–water partition coefficient (Wildman–Crippen LogP) is 3.38. The first-order valence-electron chi connectivity index (χ1n) is 6.75. The lowest BCUT2D eigenvalue weighted by atomic mass is 10.1. The molecule has 2 rings (SSSR count). The van der Waals surface area contributed by atoms with Crippen molar-refractivity contribution in [2.24, 2.45) is 5.73 Å². The van der Waals surface area contributed by atoms with Crippen molar-refractivity contribution >= 4 is 0 Å². The van der Waals surface area contributed by atoms with E-state index in [0.29, 0.717) is 13.2 Å². The molecule has 0 atom stereocenters. The van der Waals surface area contributed by atoms with E-state index in [9.17, 15) is 0 Å². The molecule has 0 saturated heterocycles. The molecule has 20 heavy (non-hydrogen) atoms. The molecule has 0 spiro atoms. The number of nitrogens with two attached hydrogens (primary N) is 1. The summed E-state index contributed by atoms with van der Waals surface area (Å²) < 4.78 is 11.5. The Hall–Kier alpha value is -2.00.